The second-order valence-corrected chi connectivity index (χ2v) is 1.84. The summed E-state index contributed by atoms with van der Waals surface area (Å²) in [6, 6.07) is 0. The van der Waals surface area contributed by atoms with Crippen molar-refractivity contribution >= 4 is 0 Å². The van der Waals surface area contributed by atoms with Crippen LogP contribution in [-0.2, 0) is 4.74 Å². The van der Waals surface area contributed by atoms with Gasteiger partial charge in [0.25, 0.3) is 0 Å². The molecule has 2 N–H and O–H groups in total. The first-order chi connectivity index (χ1) is 4.84. The van der Waals surface area contributed by atoms with Crippen LogP contribution in [-0.4, -0.2) is 21.9 Å². The number of H-pyrrole nitrogens is 1. The van der Waals surface area contributed by atoms with E-state index in [0.29, 0.717) is 12.2 Å². The number of hydrogen-bond acceptors (Lipinski definition) is 3. The van der Waals surface area contributed by atoms with Gasteiger partial charge in [-0.1, -0.05) is 0 Å². The van der Waals surface area contributed by atoms with Gasteiger partial charge >= 0.3 is 0 Å². The van der Waals surface area contributed by atoms with Crippen LogP contribution in [0.15, 0.2) is 12.4 Å². The molecule has 0 amide bonds. The van der Waals surface area contributed by atoms with Gasteiger partial charge in [0.05, 0.1) is 6.20 Å². The molecule has 0 aliphatic heterocycles. The van der Waals surface area contributed by atoms with Crippen molar-refractivity contribution in [3.8, 4) is 0 Å². The maximum absolute atomic E-state index is 9.13. The molecule has 0 aliphatic rings. The topological polar surface area (TPSA) is 58.1 Å². The van der Waals surface area contributed by atoms with Crippen LogP contribution in [0.5, 0.6) is 0 Å². The lowest BCUT2D eigenvalue weighted by Gasteiger charge is -2.05. The van der Waals surface area contributed by atoms with Crippen molar-refractivity contribution in [1.82, 2.24) is 10.2 Å². The van der Waals surface area contributed by atoms with Crippen molar-refractivity contribution in [2.75, 3.05) is 6.61 Å². The molecule has 1 aromatic rings. The Morgan fingerprint density at radius 1 is 1.90 bits per heavy atom. The Balaban J connectivity index is 2.50. The van der Waals surface area contributed by atoms with Crippen molar-refractivity contribution < 1.29 is 9.84 Å². The zero-order valence-corrected chi connectivity index (χ0v) is 5.74. The summed E-state index contributed by atoms with van der Waals surface area (Å²) in [6.07, 6.45) is 2.28. The minimum atomic E-state index is -0.844. The third kappa shape index (κ3) is 1.55. The molecule has 1 aromatic heterocycles. The van der Waals surface area contributed by atoms with Gasteiger partial charge < -0.3 is 9.84 Å². The minimum Gasteiger partial charge on any atom is -0.364 e. The Morgan fingerprint density at radius 2 is 2.70 bits per heavy atom. The average molecular weight is 142 g/mol. The zero-order valence-electron chi connectivity index (χ0n) is 5.74. The molecule has 0 aromatic carbocycles. The fourth-order valence-electron chi connectivity index (χ4n) is 0.650. The van der Waals surface area contributed by atoms with E-state index in [1.807, 2.05) is 6.92 Å². The van der Waals surface area contributed by atoms with Gasteiger partial charge in [-0.25, -0.2) is 0 Å². The monoisotopic (exact) mass is 142 g/mol. The average Bonchev–Trinajstić information content (AvgIpc) is 2.38. The van der Waals surface area contributed by atoms with Crippen LogP contribution in [0.3, 0.4) is 0 Å². The van der Waals surface area contributed by atoms with Crippen LogP contribution in [0.1, 0.15) is 18.8 Å². The lowest BCUT2D eigenvalue weighted by atomic mass is 10.3. The minimum absolute atomic E-state index is 0.492. The molecular weight excluding hydrogens is 132 g/mol. The highest BCUT2D eigenvalue weighted by Crippen LogP contribution is 2.10. The number of aliphatic hydroxyl groups excluding tert-OH is 1. The highest BCUT2D eigenvalue weighted by Gasteiger charge is 2.05. The number of ether oxygens (including phenoxy) is 1. The first-order valence-electron chi connectivity index (χ1n) is 3.13. The molecule has 0 radical (unpaired) electrons. The summed E-state index contributed by atoms with van der Waals surface area (Å²) in [5, 5.41) is 15.4. The SMILES string of the molecule is CCOC(O)c1cn[nH]c1. The Bertz CT molecular complexity index is 174. The number of hydrogen-bond donors (Lipinski definition) is 2. The largest absolute Gasteiger partial charge is 0.364 e. The molecule has 1 heterocycles. The molecule has 1 unspecified atom stereocenters. The lowest BCUT2D eigenvalue weighted by Crippen LogP contribution is -2.00. The van der Waals surface area contributed by atoms with Crippen molar-refractivity contribution in [2.24, 2.45) is 0 Å². The van der Waals surface area contributed by atoms with Gasteiger partial charge in [-0.05, 0) is 6.92 Å². The summed E-state index contributed by atoms with van der Waals surface area (Å²) >= 11 is 0. The van der Waals surface area contributed by atoms with Gasteiger partial charge in [0.15, 0.2) is 6.29 Å². The Kier molecular flexibility index (Phi) is 2.42. The molecular formula is C6H10N2O2. The van der Waals surface area contributed by atoms with Gasteiger partial charge in [-0.3, -0.25) is 5.10 Å². The van der Waals surface area contributed by atoms with E-state index in [2.05, 4.69) is 10.2 Å². The van der Waals surface area contributed by atoms with Crippen LogP contribution in [0, 0.1) is 0 Å². The van der Waals surface area contributed by atoms with Crippen molar-refractivity contribution in [3.05, 3.63) is 18.0 Å². The second-order valence-electron chi connectivity index (χ2n) is 1.84. The molecule has 0 fully saturated rings. The van der Waals surface area contributed by atoms with E-state index in [9.17, 15) is 0 Å². The number of aliphatic hydroxyl groups is 1. The van der Waals surface area contributed by atoms with Crippen molar-refractivity contribution in [2.45, 2.75) is 13.2 Å². The summed E-state index contributed by atoms with van der Waals surface area (Å²) in [6.45, 7) is 2.32. The lowest BCUT2D eigenvalue weighted by molar-refractivity contribution is -0.0979. The Labute approximate surface area is 58.8 Å². The zero-order chi connectivity index (χ0) is 7.40. The maximum Gasteiger partial charge on any atom is 0.184 e. The molecule has 1 rings (SSSR count). The third-order valence-electron chi connectivity index (χ3n) is 1.13. The summed E-state index contributed by atoms with van der Waals surface area (Å²) in [5.41, 5.74) is 0.654. The van der Waals surface area contributed by atoms with E-state index in [0.717, 1.165) is 0 Å². The van der Waals surface area contributed by atoms with Crippen LogP contribution in [0.25, 0.3) is 0 Å². The standard InChI is InChI=1S/C6H10N2O2/c1-2-10-6(9)5-3-7-8-4-5/h3-4,6,9H,2H2,1H3,(H,7,8). The third-order valence-corrected chi connectivity index (χ3v) is 1.13. The molecule has 0 aliphatic carbocycles. The molecule has 4 heteroatoms. The first-order valence-corrected chi connectivity index (χ1v) is 3.13. The van der Waals surface area contributed by atoms with E-state index in [-0.39, 0.29) is 0 Å². The second kappa shape index (κ2) is 3.34. The molecule has 0 bridgehead atoms. The van der Waals surface area contributed by atoms with E-state index in [1.165, 1.54) is 6.20 Å². The summed E-state index contributed by atoms with van der Waals surface area (Å²) in [7, 11) is 0. The van der Waals surface area contributed by atoms with E-state index in [1.54, 1.807) is 6.20 Å². The van der Waals surface area contributed by atoms with Gasteiger partial charge in [-0.2, -0.15) is 5.10 Å². The number of aromatic amines is 1. The molecule has 0 saturated carbocycles. The predicted octanol–water partition coefficient (Wildman–Crippen LogP) is 0.437. The van der Waals surface area contributed by atoms with E-state index in [4.69, 9.17) is 9.84 Å². The van der Waals surface area contributed by atoms with Gasteiger partial charge in [0, 0.05) is 18.4 Å². The fourth-order valence-corrected chi connectivity index (χ4v) is 0.650. The van der Waals surface area contributed by atoms with Crippen molar-refractivity contribution in [3.63, 3.8) is 0 Å². The number of rotatable bonds is 3. The number of nitrogens with one attached hydrogen (secondary N) is 1. The van der Waals surface area contributed by atoms with Gasteiger partial charge in [0.2, 0.25) is 0 Å². The number of nitrogens with zero attached hydrogens (tertiary/aromatic N) is 1. The smallest absolute Gasteiger partial charge is 0.184 e. The van der Waals surface area contributed by atoms with Crippen molar-refractivity contribution in [1.29, 1.82) is 0 Å². The molecule has 4 nitrogen and oxygen atoms in total. The first kappa shape index (κ1) is 7.24. The molecule has 0 spiro atoms. The van der Waals surface area contributed by atoms with Crippen LogP contribution in [0.4, 0.5) is 0 Å². The molecule has 10 heavy (non-hydrogen) atoms. The summed E-state index contributed by atoms with van der Waals surface area (Å²) in [5.74, 6) is 0. The normalized spacial score (nSPS) is 13.4. The predicted molar refractivity (Wildman–Crippen MR) is 35.2 cm³/mol. The highest BCUT2D eigenvalue weighted by atomic mass is 16.6. The van der Waals surface area contributed by atoms with E-state index < -0.39 is 6.29 Å². The maximum atomic E-state index is 9.13. The molecule has 0 saturated heterocycles. The molecule has 1 atom stereocenters. The fraction of sp³-hybridized carbons (Fsp3) is 0.500. The van der Waals surface area contributed by atoms with Crippen LogP contribution in [0.2, 0.25) is 0 Å². The van der Waals surface area contributed by atoms with Gasteiger partial charge in [-0.15, -0.1) is 0 Å². The van der Waals surface area contributed by atoms with Crippen LogP contribution < -0.4 is 0 Å². The number of aromatic nitrogens is 2. The van der Waals surface area contributed by atoms with Crippen LogP contribution >= 0.6 is 0 Å². The highest BCUT2D eigenvalue weighted by molar-refractivity contribution is 5.03. The molecule has 56 valence electrons. The quantitative estimate of drug-likeness (QED) is 0.602. The van der Waals surface area contributed by atoms with Gasteiger partial charge in [0.1, 0.15) is 0 Å². The Morgan fingerprint density at radius 3 is 3.20 bits per heavy atom. The Hall–Kier alpha value is -0.870. The van der Waals surface area contributed by atoms with E-state index >= 15 is 0 Å². The summed E-state index contributed by atoms with van der Waals surface area (Å²) in [4.78, 5) is 0. The summed E-state index contributed by atoms with van der Waals surface area (Å²) < 4.78 is 4.88.